The number of amides is 3. The maximum Gasteiger partial charge on any atom is 0.251 e. The van der Waals surface area contributed by atoms with E-state index in [0.717, 1.165) is 5.56 Å². The molecular formula is C25H28N8O6. The number of nitrogens with one attached hydrogen (secondary N) is 3. The van der Waals surface area contributed by atoms with Gasteiger partial charge in [-0.2, -0.15) is 0 Å². The molecule has 3 aliphatic heterocycles. The van der Waals surface area contributed by atoms with Crippen LogP contribution in [0.15, 0.2) is 30.9 Å². The second-order valence-electron chi connectivity index (χ2n) is 10.1. The number of carbonyl (C=O) groups excluding carboxylic acids is 3. The Balaban J connectivity index is 1.07. The average molecular weight is 537 g/mol. The molecule has 5 N–H and O–H groups in total. The van der Waals surface area contributed by atoms with Crippen molar-refractivity contribution in [3.63, 3.8) is 0 Å². The van der Waals surface area contributed by atoms with Gasteiger partial charge < -0.3 is 35.9 Å². The van der Waals surface area contributed by atoms with Gasteiger partial charge in [0.25, 0.3) is 5.91 Å². The molecule has 1 aromatic carbocycles. The summed E-state index contributed by atoms with van der Waals surface area (Å²) < 4.78 is 20.2. The largest absolute Gasteiger partial charge is 0.382 e. The van der Waals surface area contributed by atoms with Crippen molar-refractivity contribution in [1.29, 1.82) is 0 Å². The molecule has 2 saturated heterocycles. The van der Waals surface area contributed by atoms with E-state index >= 15 is 0 Å². The van der Waals surface area contributed by atoms with Gasteiger partial charge in [0, 0.05) is 42.7 Å². The summed E-state index contributed by atoms with van der Waals surface area (Å²) in [6.07, 6.45) is 0.815. The van der Waals surface area contributed by atoms with Crippen LogP contribution in [-0.4, -0.2) is 67.9 Å². The fourth-order valence-electron chi connectivity index (χ4n) is 5.22. The molecule has 0 spiro atoms. The van der Waals surface area contributed by atoms with Crippen LogP contribution in [0, 0.1) is 0 Å². The number of ether oxygens (including phenoxy) is 3. The number of nitrogens with two attached hydrogens (primary N) is 1. The van der Waals surface area contributed by atoms with E-state index < -0.39 is 30.3 Å². The van der Waals surface area contributed by atoms with Crippen LogP contribution in [0.3, 0.4) is 0 Å². The summed E-state index contributed by atoms with van der Waals surface area (Å²) in [6.45, 7) is 4.14. The minimum atomic E-state index is -0.847. The number of hydrogen-bond acceptors (Lipinski definition) is 10. The zero-order valence-corrected chi connectivity index (χ0v) is 21.3. The van der Waals surface area contributed by atoms with Crippen molar-refractivity contribution in [2.24, 2.45) is 0 Å². The average Bonchev–Trinajstić information content (AvgIpc) is 3.64. The zero-order valence-electron chi connectivity index (χ0n) is 21.3. The topological polar surface area (TPSA) is 185 Å². The van der Waals surface area contributed by atoms with Crippen LogP contribution < -0.4 is 21.7 Å². The molecule has 0 saturated carbocycles. The van der Waals surface area contributed by atoms with E-state index in [1.807, 2.05) is 13.8 Å². The van der Waals surface area contributed by atoms with Gasteiger partial charge in [0.1, 0.15) is 30.2 Å². The Bertz CT molecular complexity index is 1470. The van der Waals surface area contributed by atoms with Crippen LogP contribution in [0.5, 0.6) is 0 Å². The summed E-state index contributed by atoms with van der Waals surface area (Å²) in [5.41, 5.74) is 8.73. The van der Waals surface area contributed by atoms with Crippen molar-refractivity contribution >= 4 is 40.4 Å². The molecule has 39 heavy (non-hydrogen) atoms. The Labute approximate surface area is 222 Å². The highest BCUT2D eigenvalue weighted by molar-refractivity contribution is 6.02. The highest BCUT2D eigenvalue weighted by atomic mass is 16.8. The Morgan fingerprint density at radius 3 is 2.79 bits per heavy atom. The lowest BCUT2D eigenvalue weighted by Gasteiger charge is -2.25. The number of hydrogen-bond donors (Lipinski definition) is 4. The lowest BCUT2D eigenvalue weighted by Crippen LogP contribution is -2.40. The fourth-order valence-corrected chi connectivity index (χ4v) is 5.22. The predicted octanol–water partition coefficient (Wildman–Crippen LogP) is 0.605. The number of carbonyl (C=O) groups is 3. The Morgan fingerprint density at radius 2 is 1.95 bits per heavy atom. The van der Waals surface area contributed by atoms with E-state index in [1.54, 1.807) is 29.1 Å². The molecule has 6 rings (SSSR count). The summed E-state index contributed by atoms with van der Waals surface area (Å²) >= 11 is 0. The van der Waals surface area contributed by atoms with Crippen LogP contribution >= 0.6 is 0 Å². The van der Waals surface area contributed by atoms with E-state index in [1.165, 1.54) is 6.33 Å². The van der Waals surface area contributed by atoms with Crippen molar-refractivity contribution in [3.05, 3.63) is 42.0 Å². The van der Waals surface area contributed by atoms with Crippen molar-refractivity contribution in [2.75, 3.05) is 17.6 Å². The second kappa shape index (κ2) is 9.55. The number of rotatable bonds is 7. The van der Waals surface area contributed by atoms with Gasteiger partial charge >= 0.3 is 0 Å². The summed E-state index contributed by atoms with van der Waals surface area (Å²) in [7, 11) is 0. The van der Waals surface area contributed by atoms with Crippen LogP contribution in [0.2, 0.25) is 0 Å². The molecule has 14 heteroatoms. The molecule has 3 aromatic rings. The number of imidazole rings is 1. The lowest BCUT2D eigenvalue weighted by atomic mass is 10.1. The summed E-state index contributed by atoms with van der Waals surface area (Å²) in [4.78, 5) is 49.5. The van der Waals surface area contributed by atoms with Crippen LogP contribution in [0.1, 0.15) is 48.8 Å². The number of anilines is 2. The molecule has 4 atom stereocenters. The number of benzene rings is 1. The van der Waals surface area contributed by atoms with Crippen molar-refractivity contribution in [3.8, 4) is 0 Å². The first-order valence-electron chi connectivity index (χ1n) is 12.6. The predicted molar refractivity (Wildman–Crippen MR) is 136 cm³/mol. The number of nitrogens with zero attached hydrogens (tertiary/aromatic N) is 4. The first-order chi connectivity index (χ1) is 18.7. The van der Waals surface area contributed by atoms with Gasteiger partial charge in [0.05, 0.1) is 6.33 Å². The molecule has 0 radical (unpaired) electrons. The normalized spacial score (nSPS) is 24.8. The first-order valence-corrected chi connectivity index (χ1v) is 12.6. The third-order valence-electron chi connectivity index (χ3n) is 6.99. The van der Waals surface area contributed by atoms with E-state index in [4.69, 9.17) is 19.9 Å². The van der Waals surface area contributed by atoms with Crippen molar-refractivity contribution < 1.29 is 28.6 Å². The lowest BCUT2D eigenvalue weighted by molar-refractivity contribution is -0.195. The summed E-state index contributed by atoms with van der Waals surface area (Å²) in [5.74, 6) is -1.39. The molecule has 204 valence electrons. The Hall–Kier alpha value is -4.14. The summed E-state index contributed by atoms with van der Waals surface area (Å²) in [5, 5.41) is 8.37. The highest BCUT2D eigenvalue weighted by Gasteiger charge is 2.56. The zero-order chi connectivity index (χ0) is 27.3. The van der Waals surface area contributed by atoms with Gasteiger partial charge in [-0.15, -0.1) is 0 Å². The molecule has 3 amide bonds. The molecule has 5 heterocycles. The Morgan fingerprint density at radius 1 is 1.15 bits per heavy atom. The molecule has 0 aliphatic carbocycles. The van der Waals surface area contributed by atoms with Gasteiger partial charge in [0.15, 0.2) is 23.5 Å². The SMILES string of the molecule is CC1(C)OC2C(CNC(=O)CCC(=O)Nc3cccc4c3CNC4=O)OC(n3cnc4c(N)ncnc43)C2O1. The van der Waals surface area contributed by atoms with Gasteiger partial charge in [-0.3, -0.25) is 19.0 Å². The van der Waals surface area contributed by atoms with Gasteiger partial charge in [-0.05, 0) is 26.0 Å². The minimum Gasteiger partial charge on any atom is -0.382 e. The Kier molecular flexibility index (Phi) is 6.16. The van der Waals surface area contributed by atoms with Crippen LogP contribution in [-0.2, 0) is 30.3 Å². The first kappa shape index (κ1) is 25.2. The quantitative estimate of drug-likeness (QED) is 0.333. The minimum absolute atomic E-state index is 0.0204. The van der Waals surface area contributed by atoms with Crippen LogP contribution in [0.4, 0.5) is 11.5 Å². The molecule has 3 aliphatic rings. The van der Waals surface area contributed by atoms with Gasteiger partial charge in [-0.25, -0.2) is 15.0 Å². The third-order valence-corrected chi connectivity index (χ3v) is 6.99. The summed E-state index contributed by atoms with van der Waals surface area (Å²) in [6, 6.07) is 5.15. The van der Waals surface area contributed by atoms with Crippen LogP contribution in [0.25, 0.3) is 11.2 Å². The smallest absolute Gasteiger partial charge is 0.251 e. The van der Waals surface area contributed by atoms with Crippen molar-refractivity contribution in [1.82, 2.24) is 30.2 Å². The molecule has 14 nitrogen and oxygen atoms in total. The molecule has 2 fully saturated rings. The number of aromatic nitrogens is 4. The number of fused-ring (bicyclic) bond motifs is 3. The maximum absolute atomic E-state index is 12.6. The highest BCUT2D eigenvalue weighted by Crippen LogP contribution is 2.43. The standard InChI is InChI=1S/C25H28N8O6/c1-25(2)38-19-15(37-24(20(19)39-25)33-11-31-18-21(26)29-10-30-22(18)33)9-27-16(34)6-7-17(35)32-14-5-3-4-12-13(14)8-28-23(12)36/h3-5,10-11,15,19-20,24H,6-9H2,1-2H3,(H,27,34)(H,28,36)(H,32,35)(H2,26,29,30). The molecule has 4 unspecified atom stereocenters. The van der Waals surface area contributed by atoms with E-state index in [0.29, 0.717) is 29.0 Å². The van der Waals surface area contributed by atoms with Crippen molar-refractivity contribution in [2.45, 2.75) is 63.6 Å². The fraction of sp³-hybridized carbons (Fsp3) is 0.440. The second-order valence-corrected chi connectivity index (χ2v) is 10.1. The van der Waals surface area contributed by atoms with E-state index in [-0.39, 0.29) is 42.9 Å². The maximum atomic E-state index is 12.6. The molecule has 0 bridgehead atoms. The van der Waals surface area contributed by atoms with E-state index in [9.17, 15) is 14.4 Å². The molecular weight excluding hydrogens is 508 g/mol. The van der Waals surface area contributed by atoms with Gasteiger partial charge in [-0.1, -0.05) is 6.07 Å². The monoisotopic (exact) mass is 536 g/mol. The van der Waals surface area contributed by atoms with E-state index in [2.05, 4.69) is 30.9 Å². The third kappa shape index (κ3) is 4.66. The van der Waals surface area contributed by atoms with Gasteiger partial charge in [0.2, 0.25) is 11.8 Å². The number of nitrogen functional groups attached to an aromatic ring is 1. The molecule has 2 aromatic heterocycles.